The highest BCUT2D eigenvalue weighted by Gasteiger charge is 2.24. The second-order valence-corrected chi connectivity index (χ2v) is 6.86. The third kappa shape index (κ3) is 5.26. The predicted molar refractivity (Wildman–Crippen MR) is 101 cm³/mol. The molecule has 136 valence electrons. The molecule has 2 rings (SSSR count). The molecule has 0 saturated carbocycles. The van der Waals surface area contributed by atoms with Gasteiger partial charge in [0.25, 0.3) is 0 Å². The van der Waals surface area contributed by atoms with Gasteiger partial charge in [-0.2, -0.15) is 0 Å². The van der Waals surface area contributed by atoms with Gasteiger partial charge in [-0.1, -0.05) is 23.8 Å². The minimum absolute atomic E-state index is 0.282. The summed E-state index contributed by atoms with van der Waals surface area (Å²) in [4.78, 5) is 16.8. The van der Waals surface area contributed by atoms with Gasteiger partial charge in [-0.25, -0.2) is 4.98 Å². The molecule has 3 N–H and O–H groups in total. The van der Waals surface area contributed by atoms with Crippen molar-refractivity contribution in [3.63, 3.8) is 0 Å². The minimum atomic E-state index is -0.851. The molecule has 0 fully saturated rings. The predicted octanol–water partition coefficient (Wildman–Crippen LogP) is 2.35. The highest BCUT2D eigenvalue weighted by Crippen LogP contribution is 2.28. The van der Waals surface area contributed by atoms with E-state index in [1.807, 2.05) is 11.4 Å². The van der Waals surface area contributed by atoms with Crippen LogP contribution in [0.2, 0.25) is 0 Å². The third-order valence-corrected chi connectivity index (χ3v) is 4.58. The fourth-order valence-electron chi connectivity index (χ4n) is 2.49. The Hall–Kier alpha value is -1.96. The van der Waals surface area contributed by atoms with Crippen molar-refractivity contribution in [1.29, 1.82) is 0 Å². The van der Waals surface area contributed by atoms with Crippen LogP contribution in [0.1, 0.15) is 18.1 Å². The van der Waals surface area contributed by atoms with Gasteiger partial charge in [0.1, 0.15) is 6.04 Å². The Balaban J connectivity index is 2.10. The molecule has 7 heteroatoms. The van der Waals surface area contributed by atoms with E-state index in [9.17, 15) is 9.90 Å². The number of rotatable bonds is 8. The number of nitrogens with zero attached hydrogens (tertiary/aromatic N) is 1. The number of amides is 1. The summed E-state index contributed by atoms with van der Waals surface area (Å²) in [5.74, 6) is -0.282. The molecule has 0 aliphatic carbocycles. The van der Waals surface area contributed by atoms with Gasteiger partial charge in [0.2, 0.25) is 5.91 Å². The fourth-order valence-corrected chi connectivity index (χ4v) is 3.24. The average molecular weight is 363 g/mol. The quantitative estimate of drug-likeness (QED) is 0.627. The van der Waals surface area contributed by atoms with Crippen LogP contribution in [0.4, 0.5) is 5.13 Å². The number of nitrogens with one attached hydrogen (secondary N) is 2. The van der Waals surface area contributed by atoms with E-state index in [0.29, 0.717) is 18.3 Å². The van der Waals surface area contributed by atoms with Crippen LogP contribution >= 0.6 is 11.3 Å². The van der Waals surface area contributed by atoms with Crippen LogP contribution in [-0.2, 0) is 9.53 Å². The number of carbonyl (C=O) groups excluding carboxylic acids is 1. The Kier molecular flexibility index (Phi) is 6.92. The number of aliphatic hydroxyl groups excluding tert-OH is 1. The lowest BCUT2D eigenvalue weighted by atomic mass is 10.0. The first-order valence-electron chi connectivity index (χ1n) is 8.16. The van der Waals surface area contributed by atoms with Crippen molar-refractivity contribution in [1.82, 2.24) is 10.3 Å². The first-order valence-corrected chi connectivity index (χ1v) is 9.04. The number of carbonyl (C=O) groups is 1. The maximum Gasteiger partial charge on any atom is 0.245 e. The van der Waals surface area contributed by atoms with Crippen LogP contribution in [-0.4, -0.2) is 48.4 Å². The lowest BCUT2D eigenvalue weighted by molar-refractivity contribution is -0.123. The number of benzene rings is 1. The Morgan fingerprint density at radius 2 is 2.16 bits per heavy atom. The number of aromatic nitrogens is 1. The molecule has 25 heavy (non-hydrogen) atoms. The number of hydrogen-bond donors (Lipinski definition) is 3. The molecule has 1 heterocycles. The number of anilines is 1. The van der Waals surface area contributed by atoms with E-state index in [4.69, 9.17) is 4.74 Å². The van der Waals surface area contributed by atoms with Crippen LogP contribution in [0.3, 0.4) is 0 Å². The number of methoxy groups -OCH3 is 1. The number of aliphatic hydroxyl groups is 1. The molecule has 1 aromatic carbocycles. The molecular weight excluding hydrogens is 338 g/mol. The summed E-state index contributed by atoms with van der Waals surface area (Å²) in [5.41, 5.74) is 4.28. The molecule has 0 bridgehead atoms. The molecule has 6 nitrogen and oxygen atoms in total. The SMILES string of the molecule is COCCNC(=O)[C@@H](Nc1nc(-c2ccc(C)cc2C)cs1)[C@@H](C)O. The van der Waals surface area contributed by atoms with Crippen LogP contribution in [0.15, 0.2) is 23.6 Å². The van der Waals surface area contributed by atoms with Gasteiger partial charge < -0.3 is 20.5 Å². The molecule has 0 aliphatic rings. The molecule has 0 unspecified atom stereocenters. The topological polar surface area (TPSA) is 83.5 Å². The Bertz CT molecular complexity index is 715. The summed E-state index contributed by atoms with van der Waals surface area (Å²) in [5, 5.41) is 18.2. The lowest BCUT2D eigenvalue weighted by Crippen LogP contribution is -2.46. The number of thiazole rings is 1. The Morgan fingerprint density at radius 3 is 2.80 bits per heavy atom. The molecule has 1 amide bonds. The fraction of sp³-hybridized carbons (Fsp3) is 0.444. The zero-order valence-electron chi connectivity index (χ0n) is 15.0. The molecular formula is C18H25N3O3S. The third-order valence-electron chi connectivity index (χ3n) is 3.81. The average Bonchev–Trinajstić information content (AvgIpc) is 3.00. The van der Waals surface area contributed by atoms with E-state index in [0.717, 1.165) is 16.8 Å². The van der Waals surface area contributed by atoms with Gasteiger partial charge in [-0.15, -0.1) is 11.3 Å². The van der Waals surface area contributed by atoms with Crippen molar-refractivity contribution in [2.45, 2.75) is 32.9 Å². The molecule has 0 spiro atoms. The number of hydrogen-bond acceptors (Lipinski definition) is 6. The van der Waals surface area contributed by atoms with Crippen molar-refractivity contribution >= 4 is 22.4 Å². The van der Waals surface area contributed by atoms with E-state index in [1.54, 1.807) is 14.0 Å². The first-order chi connectivity index (χ1) is 11.9. The Labute approximate surface area is 152 Å². The van der Waals surface area contributed by atoms with Crippen molar-refractivity contribution in [2.24, 2.45) is 0 Å². The highest BCUT2D eigenvalue weighted by molar-refractivity contribution is 7.14. The molecule has 0 aliphatic heterocycles. The monoisotopic (exact) mass is 363 g/mol. The summed E-state index contributed by atoms with van der Waals surface area (Å²) in [6, 6.07) is 5.45. The van der Waals surface area contributed by atoms with Crippen LogP contribution in [0, 0.1) is 13.8 Å². The van der Waals surface area contributed by atoms with Gasteiger partial charge >= 0.3 is 0 Å². The zero-order valence-corrected chi connectivity index (χ0v) is 15.8. The minimum Gasteiger partial charge on any atom is -0.391 e. The van der Waals surface area contributed by atoms with Gasteiger partial charge in [0.05, 0.1) is 18.4 Å². The molecule has 2 aromatic rings. The van der Waals surface area contributed by atoms with E-state index in [2.05, 4.69) is 41.6 Å². The van der Waals surface area contributed by atoms with E-state index in [1.165, 1.54) is 16.9 Å². The van der Waals surface area contributed by atoms with Crippen LogP contribution in [0.5, 0.6) is 0 Å². The lowest BCUT2D eigenvalue weighted by Gasteiger charge is -2.20. The van der Waals surface area contributed by atoms with Crippen molar-refractivity contribution in [2.75, 3.05) is 25.6 Å². The summed E-state index contributed by atoms with van der Waals surface area (Å²) >= 11 is 1.41. The highest BCUT2D eigenvalue weighted by atomic mass is 32.1. The number of aryl methyl sites for hydroxylation is 2. The van der Waals surface area contributed by atoms with Crippen LogP contribution in [0.25, 0.3) is 11.3 Å². The Morgan fingerprint density at radius 1 is 1.40 bits per heavy atom. The largest absolute Gasteiger partial charge is 0.391 e. The van der Waals surface area contributed by atoms with E-state index < -0.39 is 12.1 Å². The van der Waals surface area contributed by atoms with Gasteiger partial charge in [0, 0.05) is 24.6 Å². The summed E-state index contributed by atoms with van der Waals surface area (Å²) in [6.45, 7) is 6.50. The second-order valence-electron chi connectivity index (χ2n) is 6.00. The molecule has 0 radical (unpaired) electrons. The smallest absolute Gasteiger partial charge is 0.245 e. The van der Waals surface area contributed by atoms with E-state index in [-0.39, 0.29) is 5.91 Å². The summed E-state index contributed by atoms with van der Waals surface area (Å²) < 4.78 is 4.91. The van der Waals surface area contributed by atoms with E-state index >= 15 is 0 Å². The molecule has 2 atom stereocenters. The molecule has 0 saturated heterocycles. The zero-order chi connectivity index (χ0) is 18.4. The molecule has 1 aromatic heterocycles. The van der Waals surface area contributed by atoms with Gasteiger partial charge in [-0.3, -0.25) is 4.79 Å². The first kappa shape index (κ1) is 19.4. The van der Waals surface area contributed by atoms with Gasteiger partial charge in [0.15, 0.2) is 5.13 Å². The van der Waals surface area contributed by atoms with Crippen molar-refractivity contribution in [3.8, 4) is 11.3 Å². The maximum atomic E-state index is 12.2. The van der Waals surface area contributed by atoms with Crippen molar-refractivity contribution in [3.05, 3.63) is 34.7 Å². The summed E-state index contributed by atoms with van der Waals surface area (Å²) in [6.07, 6.45) is -0.851. The maximum absolute atomic E-state index is 12.2. The standard InChI is InChI=1S/C18H25N3O3S/c1-11-5-6-14(12(2)9-11)15-10-25-18(20-15)21-16(13(3)22)17(23)19-7-8-24-4/h5-6,9-10,13,16,22H,7-8H2,1-4H3,(H,19,23)(H,20,21)/t13-,16+/m1/s1. The normalized spacial score (nSPS) is 13.3. The van der Waals surface area contributed by atoms with Gasteiger partial charge in [-0.05, 0) is 26.3 Å². The van der Waals surface area contributed by atoms with Crippen LogP contribution < -0.4 is 10.6 Å². The second kappa shape index (κ2) is 8.94. The van der Waals surface area contributed by atoms with Crippen molar-refractivity contribution < 1.29 is 14.6 Å². The summed E-state index contributed by atoms with van der Waals surface area (Å²) in [7, 11) is 1.57. The number of ether oxygens (including phenoxy) is 1.